The molecule has 4 rings (SSSR count). The lowest BCUT2D eigenvalue weighted by atomic mass is 9.92. The van der Waals surface area contributed by atoms with Gasteiger partial charge in [-0.3, -0.25) is 0 Å². The van der Waals surface area contributed by atoms with Crippen molar-refractivity contribution < 1.29 is 4.79 Å². The fourth-order valence-electron chi connectivity index (χ4n) is 3.04. The minimum absolute atomic E-state index is 0.204. The molecule has 0 bridgehead atoms. The van der Waals surface area contributed by atoms with Crippen molar-refractivity contribution in [1.29, 1.82) is 0 Å². The van der Waals surface area contributed by atoms with Crippen molar-refractivity contribution in [3.05, 3.63) is 63.1 Å². The van der Waals surface area contributed by atoms with Crippen LogP contribution in [0, 0.1) is 0 Å². The zero-order chi connectivity index (χ0) is 18.4. The van der Waals surface area contributed by atoms with Gasteiger partial charge >= 0.3 is 6.03 Å². The molecule has 1 unspecified atom stereocenters. The normalized spacial score (nSPS) is 19.0. The van der Waals surface area contributed by atoms with E-state index in [1.165, 1.54) is 5.01 Å². The number of amides is 2. The minimum atomic E-state index is -0.254. The molecule has 1 saturated carbocycles. The van der Waals surface area contributed by atoms with Gasteiger partial charge in [-0.1, -0.05) is 35.3 Å². The molecule has 0 aromatic heterocycles. The second kappa shape index (κ2) is 6.49. The summed E-state index contributed by atoms with van der Waals surface area (Å²) < 4.78 is 0. The maximum atomic E-state index is 12.7. The first-order valence-electron chi connectivity index (χ1n) is 8.47. The number of hydrogen-bond donors (Lipinski definition) is 2. The lowest BCUT2D eigenvalue weighted by Gasteiger charge is -2.32. The number of urea groups is 1. The number of benzene rings is 2. The van der Waals surface area contributed by atoms with Crippen LogP contribution < -0.4 is 11.1 Å². The van der Waals surface area contributed by atoms with Crippen LogP contribution in [0.15, 0.2) is 41.5 Å². The maximum absolute atomic E-state index is 12.7. The van der Waals surface area contributed by atoms with E-state index in [0.717, 1.165) is 29.5 Å². The number of nitrogen functional groups attached to an aromatic ring is 1. The summed E-state index contributed by atoms with van der Waals surface area (Å²) in [5.41, 5.74) is 9.77. The van der Waals surface area contributed by atoms with E-state index in [2.05, 4.69) is 10.4 Å². The van der Waals surface area contributed by atoms with Crippen LogP contribution in [0.2, 0.25) is 10.0 Å². The maximum Gasteiger partial charge on any atom is 0.338 e. The molecule has 2 aliphatic rings. The summed E-state index contributed by atoms with van der Waals surface area (Å²) in [4.78, 5) is 12.7. The van der Waals surface area contributed by atoms with E-state index in [-0.39, 0.29) is 18.1 Å². The first kappa shape index (κ1) is 17.2. The average Bonchev–Trinajstić information content (AvgIpc) is 3.42. The van der Waals surface area contributed by atoms with Crippen molar-refractivity contribution in [3.8, 4) is 0 Å². The molecule has 0 radical (unpaired) electrons. The quantitative estimate of drug-likeness (QED) is 0.739. The minimum Gasteiger partial charge on any atom is -0.399 e. The molecule has 0 saturated heterocycles. The van der Waals surface area contributed by atoms with Crippen LogP contribution >= 0.6 is 23.2 Å². The Hall–Kier alpha value is -2.24. The summed E-state index contributed by atoms with van der Waals surface area (Å²) in [6.07, 6.45) is 2.03. The van der Waals surface area contributed by atoms with Crippen molar-refractivity contribution >= 4 is 40.6 Å². The van der Waals surface area contributed by atoms with E-state index in [9.17, 15) is 4.79 Å². The Labute approximate surface area is 161 Å². The van der Waals surface area contributed by atoms with Gasteiger partial charge in [0.05, 0.1) is 21.8 Å². The third kappa shape index (κ3) is 3.13. The van der Waals surface area contributed by atoms with E-state index in [1.54, 1.807) is 6.07 Å². The number of carbonyl (C=O) groups is 1. The van der Waals surface area contributed by atoms with Crippen molar-refractivity contribution in [2.24, 2.45) is 5.10 Å². The SMILES string of the molecule is CC1c2cc(Cl)c(Cl)cc2C(c2ccc(N)cc2)=NN1C(=O)NC1CC1. The van der Waals surface area contributed by atoms with Crippen LogP contribution in [0.1, 0.15) is 42.5 Å². The van der Waals surface area contributed by atoms with E-state index < -0.39 is 0 Å². The zero-order valence-corrected chi connectivity index (χ0v) is 15.7. The Kier molecular flexibility index (Phi) is 4.29. The summed E-state index contributed by atoms with van der Waals surface area (Å²) in [5.74, 6) is 0. The molecule has 1 aliphatic carbocycles. The smallest absolute Gasteiger partial charge is 0.338 e. The van der Waals surface area contributed by atoms with Crippen LogP contribution in [-0.2, 0) is 0 Å². The highest BCUT2D eigenvalue weighted by Gasteiger charge is 2.33. The lowest BCUT2D eigenvalue weighted by Crippen LogP contribution is -2.42. The molecular formula is C19H18Cl2N4O. The molecule has 0 spiro atoms. The number of rotatable bonds is 2. The standard InChI is InChI=1S/C19H18Cl2N4O/c1-10-14-8-16(20)17(21)9-15(14)18(11-2-4-12(22)5-3-11)24-25(10)19(26)23-13-6-7-13/h2-5,8-10,13H,6-7,22H2,1H3,(H,23,26). The molecule has 134 valence electrons. The predicted octanol–water partition coefficient (Wildman–Crippen LogP) is 4.58. The van der Waals surface area contributed by atoms with Crippen molar-refractivity contribution in [2.75, 3.05) is 5.73 Å². The second-order valence-electron chi connectivity index (χ2n) is 6.67. The Morgan fingerprint density at radius 1 is 1.19 bits per heavy atom. The van der Waals surface area contributed by atoms with Gasteiger partial charge in [0.2, 0.25) is 0 Å². The average molecular weight is 389 g/mol. The van der Waals surface area contributed by atoms with Gasteiger partial charge < -0.3 is 11.1 Å². The monoisotopic (exact) mass is 388 g/mol. The summed E-state index contributed by atoms with van der Waals surface area (Å²) in [7, 11) is 0. The van der Waals surface area contributed by atoms with Gasteiger partial charge in [0, 0.05) is 22.9 Å². The number of fused-ring (bicyclic) bond motifs is 1. The largest absolute Gasteiger partial charge is 0.399 e. The van der Waals surface area contributed by atoms with E-state index in [4.69, 9.17) is 28.9 Å². The highest BCUT2D eigenvalue weighted by molar-refractivity contribution is 6.42. The number of hydrazone groups is 1. The molecule has 5 nitrogen and oxygen atoms in total. The van der Waals surface area contributed by atoms with Crippen LogP contribution in [0.5, 0.6) is 0 Å². The van der Waals surface area contributed by atoms with Gasteiger partial charge in [-0.05, 0) is 49.6 Å². The fraction of sp³-hybridized carbons (Fsp3) is 0.263. The lowest BCUT2D eigenvalue weighted by molar-refractivity contribution is 0.180. The van der Waals surface area contributed by atoms with Gasteiger partial charge in [0.1, 0.15) is 0 Å². The summed E-state index contributed by atoms with van der Waals surface area (Å²) in [5, 5.41) is 10.0. The predicted molar refractivity (Wildman–Crippen MR) is 105 cm³/mol. The molecule has 1 fully saturated rings. The topological polar surface area (TPSA) is 70.7 Å². The van der Waals surface area contributed by atoms with Gasteiger partial charge in [-0.15, -0.1) is 0 Å². The van der Waals surface area contributed by atoms with Crippen LogP contribution in [0.3, 0.4) is 0 Å². The number of nitrogens with zero attached hydrogens (tertiary/aromatic N) is 2. The molecular weight excluding hydrogens is 371 g/mol. The number of hydrogen-bond acceptors (Lipinski definition) is 3. The third-order valence-corrected chi connectivity index (χ3v) is 5.39. The highest BCUT2D eigenvalue weighted by Crippen LogP contribution is 2.37. The molecule has 3 N–H and O–H groups in total. The summed E-state index contributed by atoms with van der Waals surface area (Å²) >= 11 is 12.5. The third-order valence-electron chi connectivity index (χ3n) is 4.67. The molecule has 2 amide bonds. The van der Waals surface area contributed by atoms with Gasteiger partial charge in [0.25, 0.3) is 0 Å². The van der Waals surface area contributed by atoms with Crippen molar-refractivity contribution in [2.45, 2.75) is 31.8 Å². The van der Waals surface area contributed by atoms with Gasteiger partial charge in [-0.25, -0.2) is 9.80 Å². The van der Waals surface area contributed by atoms with Crippen LogP contribution in [-0.4, -0.2) is 22.8 Å². The first-order valence-corrected chi connectivity index (χ1v) is 9.23. The fourth-order valence-corrected chi connectivity index (χ4v) is 3.37. The molecule has 1 atom stereocenters. The van der Waals surface area contributed by atoms with Crippen molar-refractivity contribution in [3.63, 3.8) is 0 Å². The van der Waals surface area contributed by atoms with E-state index in [0.29, 0.717) is 21.4 Å². The van der Waals surface area contributed by atoms with Gasteiger partial charge in [-0.2, -0.15) is 5.10 Å². The number of anilines is 1. The number of nitrogens with two attached hydrogens (primary N) is 1. The molecule has 2 aromatic carbocycles. The highest BCUT2D eigenvalue weighted by atomic mass is 35.5. The van der Waals surface area contributed by atoms with Crippen LogP contribution in [0.25, 0.3) is 0 Å². The Bertz CT molecular complexity index is 907. The molecule has 1 aliphatic heterocycles. The molecule has 7 heteroatoms. The second-order valence-corrected chi connectivity index (χ2v) is 7.48. The van der Waals surface area contributed by atoms with Gasteiger partial charge in [0.15, 0.2) is 0 Å². The summed E-state index contributed by atoms with van der Waals surface area (Å²) in [6.45, 7) is 1.93. The van der Waals surface area contributed by atoms with E-state index in [1.807, 2.05) is 37.3 Å². The number of halogens is 2. The number of carbonyl (C=O) groups excluding carboxylic acids is 1. The van der Waals surface area contributed by atoms with E-state index >= 15 is 0 Å². The molecule has 26 heavy (non-hydrogen) atoms. The Morgan fingerprint density at radius 2 is 1.85 bits per heavy atom. The van der Waals surface area contributed by atoms with Crippen molar-refractivity contribution in [1.82, 2.24) is 10.3 Å². The number of nitrogens with one attached hydrogen (secondary N) is 1. The summed E-state index contributed by atoms with van der Waals surface area (Å²) in [6, 6.07) is 10.8. The molecule has 1 heterocycles. The molecule has 2 aromatic rings. The zero-order valence-electron chi connectivity index (χ0n) is 14.2. The Morgan fingerprint density at radius 3 is 2.50 bits per heavy atom. The van der Waals surface area contributed by atoms with Crippen LogP contribution in [0.4, 0.5) is 10.5 Å². The Balaban J connectivity index is 1.83. The first-order chi connectivity index (χ1) is 12.4.